The van der Waals surface area contributed by atoms with Crippen LogP contribution in [-0.2, 0) is 6.42 Å². The molecule has 1 unspecified atom stereocenters. The minimum absolute atomic E-state index is 0.112. The molecule has 0 saturated heterocycles. The molecule has 94 valence electrons. The molecule has 3 aromatic rings. The highest BCUT2D eigenvalue weighted by Gasteiger charge is 2.16. The Morgan fingerprint density at radius 2 is 2.50 bits per heavy atom. The van der Waals surface area contributed by atoms with Crippen molar-refractivity contribution in [2.75, 3.05) is 0 Å². The molecular formula is C11H13N5S2. The third kappa shape index (κ3) is 2.16. The van der Waals surface area contributed by atoms with Gasteiger partial charge in [-0.25, -0.2) is 9.97 Å². The van der Waals surface area contributed by atoms with E-state index in [1.165, 1.54) is 0 Å². The average molecular weight is 279 g/mol. The molecule has 0 aliphatic carbocycles. The molecule has 0 aliphatic heterocycles. The number of fused-ring (bicyclic) bond motifs is 1. The van der Waals surface area contributed by atoms with E-state index in [0.717, 1.165) is 27.3 Å². The maximum atomic E-state index is 5.92. The Bertz CT molecular complexity index is 638. The fourth-order valence-corrected chi connectivity index (χ4v) is 3.43. The van der Waals surface area contributed by atoms with Crippen molar-refractivity contribution in [1.82, 2.24) is 19.4 Å². The molecule has 3 N–H and O–H groups in total. The van der Waals surface area contributed by atoms with Crippen molar-refractivity contribution in [3.8, 4) is 0 Å². The maximum Gasteiger partial charge on any atom is 0.194 e. The number of thiazole rings is 1. The van der Waals surface area contributed by atoms with E-state index in [-0.39, 0.29) is 6.04 Å². The molecule has 5 nitrogen and oxygen atoms in total. The first-order valence-electron chi connectivity index (χ1n) is 5.61. The number of imidazole rings is 2. The summed E-state index contributed by atoms with van der Waals surface area (Å²) in [4.78, 5) is 12.9. The quantitative estimate of drug-likeness (QED) is 0.767. The van der Waals surface area contributed by atoms with Crippen LogP contribution in [0.15, 0.2) is 34.2 Å². The van der Waals surface area contributed by atoms with Crippen LogP contribution in [0.4, 0.5) is 0 Å². The number of hydrogen-bond acceptors (Lipinski definition) is 5. The Kier molecular flexibility index (Phi) is 3.11. The van der Waals surface area contributed by atoms with Crippen LogP contribution in [0.3, 0.4) is 0 Å². The van der Waals surface area contributed by atoms with E-state index in [0.29, 0.717) is 0 Å². The lowest BCUT2D eigenvalue weighted by atomic mass is 10.2. The molecule has 0 aromatic carbocycles. The highest BCUT2D eigenvalue weighted by atomic mass is 32.2. The number of H-pyrrole nitrogens is 1. The van der Waals surface area contributed by atoms with Crippen molar-refractivity contribution in [2.24, 2.45) is 5.73 Å². The van der Waals surface area contributed by atoms with Gasteiger partial charge in [0.25, 0.3) is 0 Å². The maximum absolute atomic E-state index is 5.92. The predicted octanol–water partition coefficient (Wildman–Crippen LogP) is 2.16. The first-order valence-corrected chi connectivity index (χ1v) is 7.31. The molecule has 0 amide bonds. The van der Waals surface area contributed by atoms with Gasteiger partial charge in [-0.05, 0) is 18.7 Å². The second-order valence-corrected chi connectivity index (χ2v) is 5.95. The molecule has 0 aliphatic rings. The van der Waals surface area contributed by atoms with Gasteiger partial charge in [0.2, 0.25) is 0 Å². The lowest BCUT2D eigenvalue weighted by Gasteiger charge is -2.05. The summed E-state index contributed by atoms with van der Waals surface area (Å²) in [6, 6.07) is 0.112. The van der Waals surface area contributed by atoms with Gasteiger partial charge in [-0.15, -0.1) is 11.3 Å². The van der Waals surface area contributed by atoms with Gasteiger partial charge >= 0.3 is 0 Å². The van der Waals surface area contributed by atoms with Crippen molar-refractivity contribution >= 4 is 28.1 Å². The minimum Gasteiger partial charge on any atom is -0.339 e. The zero-order valence-corrected chi connectivity index (χ0v) is 11.5. The number of nitrogens with two attached hydrogens (primary N) is 1. The fraction of sp³-hybridized carbons (Fsp3) is 0.273. The largest absolute Gasteiger partial charge is 0.339 e. The number of nitrogens with one attached hydrogen (secondary N) is 1. The monoisotopic (exact) mass is 279 g/mol. The van der Waals surface area contributed by atoms with E-state index in [1.54, 1.807) is 29.3 Å². The van der Waals surface area contributed by atoms with Crippen LogP contribution in [0.2, 0.25) is 0 Å². The van der Waals surface area contributed by atoms with E-state index >= 15 is 0 Å². The van der Waals surface area contributed by atoms with Crippen LogP contribution in [0, 0.1) is 0 Å². The lowest BCUT2D eigenvalue weighted by Crippen LogP contribution is -2.19. The molecule has 0 spiro atoms. The van der Waals surface area contributed by atoms with Crippen LogP contribution in [-0.4, -0.2) is 25.4 Å². The van der Waals surface area contributed by atoms with Gasteiger partial charge in [-0.2, -0.15) is 0 Å². The Labute approximate surface area is 112 Å². The Balaban J connectivity index is 2.01. The summed E-state index contributed by atoms with van der Waals surface area (Å²) >= 11 is 3.17. The van der Waals surface area contributed by atoms with Gasteiger partial charge in [-0.1, -0.05) is 0 Å². The molecule has 3 aromatic heterocycles. The summed E-state index contributed by atoms with van der Waals surface area (Å²) in [6.45, 7) is 2.01. The van der Waals surface area contributed by atoms with Crippen molar-refractivity contribution in [3.63, 3.8) is 0 Å². The molecular weight excluding hydrogens is 266 g/mol. The summed E-state index contributed by atoms with van der Waals surface area (Å²) in [5, 5.41) is 3.87. The fourth-order valence-electron chi connectivity index (χ4n) is 1.78. The number of nitrogens with zero attached hydrogens (tertiary/aromatic N) is 3. The highest BCUT2D eigenvalue weighted by molar-refractivity contribution is 7.99. The predicted molar refractivity (Wildman–Crippen MR) is 73.1 cm³/mol. The topological polar surface area (TPSA) is 72.0 Å². The van der Waals surface area contributed by atoms with Crippen molar-refractivity contribution in [3.05, 3.63) is 29.7 Å². The van der Waals surface area contributed by atoms with Crippen LogP contribution in [0.5, 0.6) is 0 Å². The van der Waals surface area contributed by atoms with Crippen LogP contribution in [0.1, 0.15) is 12.6 Å². The van der Waals surface area contributed by atoms with E-state index in [2.05, 4.69) is 19.4 Å². The lowest BCUT2D eigenvalue weighted by molar-refractivity contribution is 0.706. The molecule has 0 bridgehead atoms. The van der Waals surface area contributed by atoms with E-state index in [4.69, 9.17) is 5.73 Å². The SMILES string of the molecule is CC(N)Cc1c(Sc2ncc[nH]2)nc2sccn12. The first kappa shape index (κ1) is 11.8. The van der Waals surface area contributed by atoms with Crippen LogP contribution in [0.25, 0.3) is 4.96 Å². The van der Waals surface area contributed by atoms with Gasteiger partial charge in [0.1, 0.15) is 5.03 Å². The first-order chi connectivity index (χ1) is 8.74. The van der Waals surface area contributed by atoms with Gasteiger partial charge < -0.3 is 10.7 Å². The molecule has 0 fully saturated rings. The van der Waals surface area contributed by atoms with E-state index < -0.39 is 0 Å². The standard InChI is InChI=1S/C11H13N5S2/c1-7(12)6-8-9(18-10-13-2-3-14-10)15-11-16(8)4-5-17-11/h2-5,7H,6,12H2,1H3,(H,13,14). The third-order valence-electron chi connectivity index (χ3n) is 2.51. The summed E-state index contributed by atoms with van der Waals surface area (Å²) in [5.41, 5.74) is 7.07. The van der Waals surface area contributed by atoms with Crippen molar-refractivity contribution in [2.45, 2.75) is 29.6 Å². The van der Waals surface area contributed by atoms with Gasteiger partial charge in [-0.3, -0.25) is 4.40 Å². The highest BCUT2D eigenvalue weighted by Crippen LogP contribution is 2.30. The Morgan fingerprint density at radius 1 is 1.61 bits per heavy atom. The third-order valence-corrected chi connectivity index (χ3v) is 4.20. The van der Waals surface area contributed by atoms with Gasteiger partial charge in [0.05, 0.1) is 5.69 Å². The van der Waals surface area contributed by atoms with Gasteiger partial charge in [0, 0.05) is 36.4 Å². The minimum atomic E-state index is 0.112. The molecule has 0 radical (unpaired) electrons. The van der Waals surface area contributed by atoms with Crippen molar-refractivity contribution < 1.29 is 0 Å². The van der Waals surface area contributed by atoms with Gasteiger partial charge in [0.15, 0.2) is 10.1 Å². The molecule has 18 heavy (non-hydrogen) atoms. The van der Waals surface area contributed by atoms with Crippen molar-refractivity contribution in [1.29, 1.82) is 0 Å². The number of hydrogen-bond donors (Lipinski definition) is 2. The molecule has 1 atom stereocenters. The summed E-state index contributed by atoms with van der Waals surface area (Å²) in [6.07, 6.45) is 6.40. The second-order valence-electron chi connectivity index (χ2n) is 4.10. The number of aromatic nitrogens is 4. The Hall–Kier alpha value is -1.31. The number of aromatic amines is 1. The molecule has 3 rings (SSSR count). The molecule has 0 saturated carbocycles. The van der Waals surface area contributed by atoms with Crippen LogP contribution < -0.4 is 5.73 Å². The average Bonchev–Trinajstić information content (AvgIpc) is 2.99. The molecule has 7 heteroatoms. The number of rotatable bonds is 4. The van der Waals surface area contributed by atoms with E-state index in [1.807, 2.05) is 24.7 Å². The summed E-state index contributed by atoms with van der Waals surface area (Å²) < 4.78 is 2.11. The zero-order chi connectivity index (χ0) is 12.5. The van der Waals surface area contributed by atoms with Crippen LogP contribution >= 0.6 is 23.1 Å². The summed E-state index contributed by atoms with van der Waals surface area (Å²) in [5.74, 6) is 0. The zero-order valence-electron chi connectivity index (χ0n) is 9.83. The summed E-state index contributed by atoms with van der Waals surface area (Å²) in [7, 11) is 0. The Morgan fingerprint density at radius 3 is 3.22 bits per heavy atom. The second kappa shape index (κ2) is 4.75. The normalized spacial score (nSPS) is 13.2. The van der Waals surface area contributed by atoms with E-state index in [9.17, 15) is 0 Å². The smallest absolute Gasteiger partial charge is 0.194 e. The molecule has 3 heterocycles.